The van der Waals surface area contributed by atoms with Gasteiger partial charge in [0.25, 0.3) is 5.91 Å². The normalized spacial score (nSPS) is 14.9. The molecule has 124 valence electrons. The Morgan fingerprint density at radius 1 is 1.25 bits per heavy atom. The zero-order valence-electron chi connectivity index (χ0n) is 14.3. The highest BCUT2D eigenvalue weighted by atomic mass is 32.1. The number of amides is 1. The highest BCUT2D eigenvalue weighted by Gasteiger charge is 2.26. The van der Waals surface area contributed by atoms with Crippen molar-refractivity contribution in [3.63, 3.8) is 0 Å². The second kappa shape index (κ2) is 5.49. The Balaban J connectivity index is 1.72. The van der Waals surface area contributed by atoms with Gasteiger partial charge in [0.2, 0.25) is 0 Å². The molecule has 0 aliphatic carbocycles. The fourth-order valence-electron chi connectivity index (χ4n) is 3.41. The molecule has 0 radical (unpaired) electrons. The molecule has 1 N–H and O–H groups in total. The zero-order valence-corrected chi connectivity index (χ0v) is 15.2. The van der Waals surface area contributed by atoms with Gasteiger partial charge >= 0.3 is 0 Å². The van der Waals surface area contributed by atoms with Crippen LogP contribution in [0, 0.1) is 0 Å². The predicted octanol–water partition coefficient (Wildman–Crippen LogP) is 4.73. The van der Waals surface area contributed by atoms with E-state index < -0.39 is 0 Å². The minimum absolute atomic E-state index is 0.124. The number of hydrogen-bond donors (Lipinski definition) is 1. The molecule has 4 rings (SSSR count). The molecule has 0 bridgehead atoms. The van der Waals surface area contributed by atoms with Crippen molar-refractivity contribution in [3.8, 4) is 0 Å². The van der Waals surface area contributed by atoms with Crippen LogP contribution in [0.1, 0.15) is 47.3 Å². The summed E-state index contributed by atoms with van der Waals surface area (Å²) in [7, 11) is 0. The molecule has 0 saturated heterocycles. The number of benzene rings is 1. The molecule has 3 nitrogen and oxygen atoms in total. The van der Waals surface area contributed by atoms with Crippen LogP contribution >= 0.6 is 11.3 Å². The van der Waals surface area contributed by atoms with Crippen molar-refractivity contribution in [3.05, 3.63) is 57.4 Å². The van der Waals surface area contributed by atoms with Gasteiger partial charge in [-0.2, -0.15) is 0 Å². The molecule has 0 unspecified atom stereocenters. The maximum atomic E-state index is 12.7. The van der Waals surface area contributed by atoms with Crippen LogP contribution < -0.4 is 0 Å². The monoisotopic (exact) mass is 338 g/mol. The van der Waals surface area contributed by atoms with E-state index >= 15 is 0 Å². The molecule has 0 spiro atoms. The van der Waals surface area contributed by atoms with Gasteiger partial charge < -0.3 is 9.88 Å². The molecule has 2 aromatic heterocycles. The van der Waals surface area contributed by atoms with Crippen molar-refractivity contribution < 1.29 is 4.79 Å². The van der Waals surface area contributed by atoms with Crippen LogP contribution in [0.3, 0.4) is 0 Å². The highest BCUT2D eigenvalue weighted by Crippen LogP contribution is 2.32. The number of fused-ring (bicyclic) bond motifs is 3. The number of aromatic nitrogens is 1. The van der Waals surface area contributed by atoms with Gasteiger partial charge in [0, 0.05) is 41.7 Å². The Kier molecular flexibility index (Phi) is 3.53. The van der Waals surface area contributed by atoms with E-state index in [-0.39, 0.29) is 11.3 Å². The average molecular weight is 338 g/mol. The van der Waals surface area contributed by atoms with Crippen LogP contribution in [0.4, 0.5) is 0 Å². The maximum Gasteiger partial charge on any atom is 0.264 e. The lowest BCUT2D eigenvalue weighted by Crippen LogP contribution is -2.35. The predicted molar refractivity (Wildman–Crippen MR) is 99.8 cm³/mol. The van der Waals surface area contributed by atoms with Gasteiger partial charge in [-0.1, -0.05) is 32.9 Å². The Morgan fingerprint density at radius 3 is 2.79 bits per heavy atom. The standard InChI is InChI=1S/C20H22N2OS/c1-20(2,3)13-6-7-16-14(11-13)15-12-22(9-8-17(15)21-16)19(23)18-5-4-10-24-18/h4-7,10-11,21H,8-9,12H2,1-3H3. The smallest absolute Gasteiger partial charge is 0.264 e. The van der Waals surface area contributed by atoms with E-state index in [1.54, 1.807) is 0 Å². The summed E-state index contributed by atoms with van der Waals surface area (Å²) in [5.74, 6) is 0.150. The summed E-state index contributed by atoms with van der Waals surface area (Å²) in [5.41, 5.74) is 5.20. The second-order valence-corrected chi connectivity index (χ2v) is 8.49. The number of aromatic amines is 1. The van der Waals surface area contributed by atoms with Crippen molar-refractivity contribution in [2.75, 3.05) is 6.54 Å². The van der Waals surface area contributed by atoms with Gasteiger partial charge in [0.15, 0.2) is 0 Å². The molecule has 24 heavy (non-hydrogen) atoms. The van der Waals surface area contributed by atoms with Gasteiger partial charge in [-0.25, -0.2) is 0 Å². The van der Waals surface area contributed by atoms with E-state index in [2.05, 4.69) is 44.0 Å². The molecular weight excluding hydrogens is 316 g/mol. The highest BCUT2D eigenvalue weighted by molar-refractivity contribution is 7.12. The van der Waals surface area contributed by atoms with Crippen molar-refractivity contribution in [2.24, 2.45) is 0 Å². The molecule has 0 fully saturated rings. The molecule has 0 atom stereocenters. The third kappa shape index (κ3) is 2.55. The first-order chi connectivity index (χ1) is 11.4. The number of rotatable bonds is 1. The van der Waals surface area contributed by atoms with Crippen molar-refractivity contribution in [1.29, 1.82) is 0 Å². The summed E-state index contributed by atoms with van der Waals surface area (Å²) in [6, 6.07) is 10.5. The number of H-pyrrole nitrogens is 1. The Morgan fingerprint density at radius 2 is 2.08 bits per heavy atom. The maximum absolute atomic E-state index is 12.7. The first-order valence-corrected chi connectivity index (χ1v) is 9.28. The van der Waals surface area contributed by atoms with E-state index in [0.717, 1.165) is 17.8 Å². The lowest BCUT2D eigenvalue weighted by Gasteiger charge is -2.27. The van der Waals surface area contributed by atoms with E-state index in [1.807, 2.05) is 22.4 Å². The van der Waals surface area contributed by atoms with E-state index in [0.29, 0.717) is 6.54 Å². The van der Waals surface area contributed by atoms with Crippen molar-refractivity contribution in [2.45, 2.75) is 39.2 Å². The Hall–Kier alpha value is -2.07. The summed E-state index contributed by atoms with van der Waals surface area (Å²) in [6.07, 6.45) is 0.895. The van der Waals surface area contributed by atoms with Gasteiger partial charge in [0.1, 0.15) is 0 Å². The topological polar surface area (TPSA) is 36.1 Å². The van der Waals surface area contributed by atoms with E-state index in [9.17, 15) is 4.79 Å². The number of nitrogens with zero attached hydrogens (tertiary/aromatic N) is 1. The number of hydrogen-bond acceptors (Lipinski definition) is 2. The summed E-state index contributed by atoms with van der Waals surface area (Å²) in [4.78, 5) is 19.0. The van der Waals surface area contributed by atoms with Crippen LogP contribution in [-0.2, 0) is 18.4 Å². The van der Waals surface area contributed by atoms with Gasteiger partial charge in [-0.15, -0.1) is 11.3 Å². The first-order valence-electron chi connectivity index (χ1n) is 8.40. The van der Waals surface area contributed by atoms with Crippen LogP contribution in [0.25, 0.3) is 10.9 Å². The van der Waals surface area contributed by atoms with E-state index in [1.165, 1.54) is 39.1 Å². The average Bonchev–Trinajstić information content (AvgIpc) is 3.20. The molecule has 1 aromatic carbocycles. The quantitative estimate of drug-likeness (QED) is 0.684. The lowest BCUT2D eigenvalue weighted by molar-refractivity contribution is 0.0740. The van der Waals surface area contributed by atoms with Crippen LogP contribution in [0.2, 0.25) is 0 Å². The third-order valence-corrected chi connectivity index (χ3v) is 5.72. The van der Waals surface area contributed by atoms with Crippen LogP contribution in [0.15, 0.2) is 35.7 Å². The minimum Gasteiger partial charge on any atom is -0.358 e. The van der Waals surface area contributed by atoms with Crippen LogP contribution in [0.5, 0.6) is 0 Å². The summed E-state index contributed by atoms with van der Waals surface area (Å²) in [6.45, 7) is 8.18. The number of thiophene rings is 1. The molecule has 1 aliphatic heterocycles. The van der Waals surface area contributed by atoms with Crippen molar-refractivity contribution >= 4 is 28.1 Å². The minimum atomic E-state index is 0.124. The molecule has 1 aliphatic rings. The van der Waals surface area contributed by atoms with Gasteiger partial charge in [-0.3, -0.25) is 4.79 Å². The lowest BCUT2D eigenvalue weighted by atomic mass is 9.86. The summed E-state index contributed by atoms with van der Waals surface area (Å²) < 4.78 is 0. The number of carbonyl (C=O) groups is 1. The fourth-order valence-corrected chi connectivity index (χ4v) is 4.10. The molecule has 3 heterocycles. The molecule has 0 saturated carbocycles. The molecule has 3 aromatic rings. The first kappa shape index (κ1) is 15.5. The SMILES string of the molecule is CC(C)(C)c1ccc2[nH]c3c(c2c1)CN(C(=O)c1cccs1)CC3. The molecule has 1 amide bonds. The largest absolute Gasteiger partial charge is 0.358 e. The molecule has 4 heteroatoms. The summed E-state index contributed by atoms with van der Waals surface area (Å²) >= 11 is 1.52. The molecular formula is C20H22N2OS. The Bertz CT molecular complexity index is 900. The third-order valence-electron chi connectivity index (χ3n) is 4.86. The zero-order chi connectivity index (χ0) is 16.9. The number of carbonyl (C=O) groups excluding carboxylic acids is 1. The van der Waals surface area contributed by atoms with Gasteiger partial charge in [0.05, 0.1) is 4.88 Å². The van der Waals surface area contributed by atoms with Gasteiger partial charge in [-0.05, 0) is 34.6 Å². The number of nitrogens with one attached hydrogen (secondary N) is 1. The fraction of sp³-hybridized carbons (Fsp3) is 0.350. The van der Waals surface area contributed by atoms with E-state index in [4.69, 9.17) is 0 Å². The summed E-state index contributed by atoms with van der Waals surface area (Å²) in [5, 5.41) is 3.23. The Labute approximate surface area is 146 Å². The van der Waals surface area contributed by atoms with Crippen molar-refractivity contribution in [1.82, 2.24) is 9.88 Å². The second-order valence-electron chi connectivity index (χ2n) is 7.55. The van der Waals surface area contributed by atoms with Crippen LogP contribution in [-0.4, -0.2) is 22.3 Å².